The first-order chi connectivity index (χ1) is 19.3. The second kappa shape index (κ2) is 16.4. The molecule has 252 valence electrons. The van der Waals surface area contributed by atoms with E-state index in [0.717, 1.165) is 57.8 Å². The maximum Gasteiger partial charge on any atom is 0.429 e. The van der Waals surface area contributed by atoms with E-state index in [1.807, 2.05) is 19.2 Å². The second-order valence-corrected chi connectivity index (χ2v) is 11.1. The fourth-order valence-corrected chi connectivity index (χ4v) is 5.57. The van der Waals surface area contributed by atoms with Crippen LogP contribution in [-0.2, 0) is 0 Å². The van der Waals surface area contributed by atoms with E-state index in [2.05, 4.69) is 0 Å². The molecule has 2 N–H and O–H groups in total. The normalized spacial score (nSPS) is 20.0. The number of nitrogens with one attached hydrogen (secondary N) is 2. The van der Waals surface area contributed by atoms with Crippen LogP contribution in [0.1, 0.15) is 117 Å². The van der Waals surface area contributed by atoms with Crippen LogP contribution in [0.2, 0.25) is 0 Å². The zero-order valence-corrected chi connectivity index (χ0v) is 24.3. The van der Waals surface area contributed by atoms with Gasteiger partial charge in [0.05, 0.1) is 6.17 Å². The number of halogens is 12. The largest absolute Gasteiger partial charge is 0.429 e. The number of nitrogens with zero attached hydrogens (tertiary/aromatic N) is 1. The molecule has 1 heterocycles. The van der Waals surface area contributed by atoms with Crippen LogP contribution in [0.5, 0.6) is 0 Å². The predicted octanol–water partition coefficient (Wildman–Crippen LogP) is 9.77. The Morgan fingerprint density at radius 2 is 0.881 bits per heavy atom. The zero-order valence-electron chi connectivity index (χ0n) is 24.3. The molecule has 0 aliphatic carbocycles. The standard InChI is InChI=1S/C27H45F12N3/c1-3-5-7-9-11-13-15-17-19-40-21-22(24(28,29)30,25(31,32)33)41-23(26(34,35)36,27(37,38)39)42(21)20-18-16-14-12-10-8-6-4-2/h21,40-41H,3-20H2,1-2H3. The minimum absolute atomic E-state index is 0.0211. The van der Waals surface area contributed by atoms with Crippen molar-refractivity contribution in [3.05, 3.63) is 0 Å². The molecule has 1 unspecified atom stereocenters. The molecule has 15 heteroatoms. The smallest absolute Gasteiger partial charge is 0.300 e. The van der Waals surface area contributed by atoms with Crippen molar-refractivity contribution in [2.45, 2.75) is 159 Å². The van der Waals surface area contributed by atoms with Gasteiger partial charge in [-0.1, -0.05) is 104 Å². The third-order valence-electron chi connectivity index (χ3n) is 7.87. The fourth-order valence-electron chi connectivity index (χ4n) is 5.57. The Kier molecular flexibility index (Phi) is 15.2. The molecule has 0 radical (unpaired) electrons. The molecular formula is C27H45F12N3. The predicted molar refractivity (Wildman–Crippen MR) is 137 cm³/mol. The van der Waals surface area contributed by atoms with Gasteiger partial charge in [-0.05, 0) is 19.4 Å². The SMILES string of the molecule is CCCCCCCCCCNC1N(CCCCCCCCCC)C(C(F)(F)F)(C(F)(F)F)NC1(C(F)(F)F)C(F)(F)F. The van der Waals surface area contributed by atoms with Crippen molar-refractivity contribution in [1.82, 2.24) is 15.5 Å². The topological polar surface area (TPSA) is 27.3 Å². The Hall–Kier alpha value is -0.960. The lowest BCUT2D eigenvalue weighted by molar-refractivity contribution is -0.352. The first-order valence-corrected chi connectivity index (χ1v) is 14.9. The van der Waals surface area contributed by atoms with Crippen LogP contribution < -0.4 is 10.6 Å². The Balaban J connectivity index is 3.34. The minimum Gasteiger partial charge on any atom is -0.300 e. The average Bonchev–Trinajstić information content (AvgIpc) is 3.18. The summed E-state index contributed by atoms with van der Waals surface area (Å²) < 4.78 is 171. The third-order valence-corrected chi connectivity index (χ3v) is 7.87. The van der Waals surface area contributed by atoms with E-state index < -0.39 is 66.5 Å². The lowest BCUT2D eigenvalue weighted by atomic mass is 9.94. The molecular weight excluding hydrogens is 594 g/mol. The molecule has 0 amide bonds. The van der Waals surface area contributed by atoms with Crippen LogP contribution in [0.4, 0.5) is 52.7 Å². The van der Waals surface area contributed by atoms with E-state index in [1.54, 1.807) is 0 Å². The number of hydrogen-bond donors (Lipinski definition) is 2. The van der Waals surface area contributed by atoms with Gasteiger partial charge in [0, 0.05) is 6.54 Å². The molecule has 1 rings (SSSR count). The minimum atomic E-state index is -6.57. The first-order valence-electron chi connectivity index (χ1n) is 14.9. The van der Waals surface area contributed by atoms with E-state index in [4.69, 9.17) is 0 Å². The highest BCUT2D eigenvalue weighted by molar-refractivity contribution is 5.23. The molecule has 0 aromatic heterocycles. The van der Waals surface area contributed by atoms with E-state index >= 15 is 0 Å². The van der Waals surface area contributed by atoms with Gasteiger partial charge < -0.3 is 0 Å². The molecule has 1 aliphatic rings. The summed E-state index contributed by atoms with van der Waals surface area (Å²) in [6.07, 6.45) is -20.2. The van der Waals surface area contributed by atoms with Crippen molar-refractivity contribution < 1.29 is 52.7 Å². The molecule has 1 aliphatic heterocycles. The van der Waals surface area contributed by atoms with Gasteiger partial charge in [0.25, 0.3) is 5.66 Å². The van der Waals surface area contributed by atoms with Crippen molar-refractivity contribution in [3.8, 4) is 0 Å². The van der Waals surface area contributed by atoms with Crippen molar-refractivity contribution >= 4 is 0 Å². The van der Waals surface area contributed by atoms with Gasteiger partial charge in [0.2, 0.25) is 5.54 Å². The molecule has 1 atom stereocenters. The highest BCUT2D eigenvalue weighted by Gasteiger charge is 2.90. The quantitative estimate of drug-likeness (QED) is 0.109. The maximum atomic E-state index is 14.2. The molecule has 0 bridgehead atoms. The summed E-state index contributed by atoms with van der Waals surface area (Å²) in [6.45, 7) is 2.06. The van der Waals surface area contributed by atoms with Gasteiger partial charge in [-0.15, -0.1) is 0 Å². The second-order valence-electron chi connectivity index (χ2n) is 11.1. The van der Waals surface area contributed by atoms with Crippen molar-refractivity contribution in [1.29, 1.82) is 0 Å². The summed E-state index contributed by atoms with van der Waals surface area (Å²) in [6, 6.07) is 0. The van der Waals surface area contributed by atoms with Crippen LogP contribution >= 0.6 is 0 Å². The van der Waals surface area contributed by atoms with Gasteiger partial charge in [-0.2, -0.15) is 52.7 Å². The van der Waals surface area contributed by atoms with Crippen LogP contribution in [0.15, 0.2) is 0 Å². The van der Waals surface area contributed by atoms with E-state index in [1.165, 1.54) is 0 Å². The van der Waals surface area contributed by atoms with Gasteiger partial charge in [0.15, 0.2) is 0 Å². The number of alkyl halides is 12. The maximum absolute atomic E-state index is 14.2. The molecule has 42 heavy (non-hydrogen) atoms. The van der Waals surface area contributed by atoms with Crippen LogP contribution in [-0.4, -0.2) is 60.1 Å². The van der Waals surface area contributed by atoms with E-state index in [-0.39, 0.29) is 18.2 Å². The van der Waals surface area contributed by atoms with Gasteiger partial charge in [0.1, 0.15) is 0 Å². The molecule has 3 nitrogen and oxygen atoms in total. The summed E-state index contributed by atoms with van der Waals surface area (Å²) in [5.74, 6) is 0. The molecule has 0 saturated carbocycles. The van der Waals surface area contributed by atoms with Gasteiger partial charge in [-0.25, -0.2) is 0 Å². The summed E-state index contributed by atoms with van der Waals surface area (Å²) in [5, 5.41) is 1.94. The number of hydrogen-bond acceptors (Lipinski definition) is 3. The summed E-state index contributed by atoms with van der Waals surface area (Å²) >= 11 is 0. The van der Waals surface area contributed by atoms with Crippen LogP contribution in [0.3, 0.4) is 0 Å². The molecule has 1 saturated heterocycles. The van der Waals surface area contributed by atoms with Crippen LogP contribution in [0, 0.1) is 0 Å². The first kappa shape index (κ1) is 39.1. The lowest BCUT2D eigenvalue weighted by Gasteiger charge is -2.42. The summed E-state index contributed by atoms with van der Waals surface area (Å²) in [7, 11) is 0. The monoisotopic (exact) mass is 639 g/mol. The molecule has 1 fully saturated rings. The van der Waals surface area contributed by atoms with Crippen molar-refractivity contribution in [2.75, 3.05) is 13.1 Å². The van der Waals surface area contributed by atoms with Gasteiger partial charge >= 0.3 is 24.7 Å². The molecule has 0 spiro atoms. The lowest BCUT2D eigenvalue weighted by Crippen LogP contribution is -2.76. The Labute approximate surface area is 240 Å². The number of rotatable bonds is 19. The summed E-state index contributed by atoms with van der Waals surface area (Å²) in [4.78, 5) is -0.726. The fraction of sp³-hybridized carbons (Fsp3) is 1.00. The van der Waals surface area contributed by atoms with Crippen molar-refractivity contribution in [3.63, 3.8) is 0 Å². The molecule has 0 aromatic carbocycles. The third kappa shape index (κ3) is 9.28. The molecule has 0 aromatic rings. The Bertz CT molecular complexity index is 719. The van der Waals surface area contributed by atoms with E-state index in [9.17, 15) is 52.7 Å². The average molecular weight is 640 g/mol. The van der Waals surface area contributed by atoms with Gasteiger partial charge in [-0.3, -0.25) is 15.5 Å². The van der Waals surface area contributed by atoms with Crippen LogP contribution in [0.25, 0.3) is 0 Å². The zero-order chi connectivity index (χ0) is 32.3. The highest BCUT2D eigenvalue weighted by Crippen LogP contribution is 2.58. The highest BCUT2D eigenvalue weighted by atomic mass is 19.4. The van der Waals surface area contributed by atoms with E-state index in [0.29, 0.717) is 25.7 Å². The Morgan fingerprint density at radius 1 is 0.524 bits per heavy atom. The summed E-state index contributed by atoms with van der Waals surface area (Å²) in [5.41, 5.74) is -11.1. The van der Waals surface area contributed by atoms with Crippen molar-refractivity contribution in [2.24, 2.45) is 0 Å². The Morgan fingerprint density at radius 3 is 1.24 bits per heavy atom. The number of unbranched alkanes of at least 4 members (excludes halogenated alkanes) is 14.